The van der Waals surface area contributed by atoms with E-state index in [2.05, 4.69) is 12.1 Å². The summed E-state index contributed by atoms with van der Waals surface area (Å²) in [7, 11) is 2.05. The number of quaternary nitrogens is 1. The van der Waals surface area contributed by atoms with Gasteiger partial charge in [0, 0.05) is 5.56 Å². The second kappa shape index (κ2) is 7.81. The number of nitrogens with one attached hydrogen (secondary N) is 1. The zero-order valence-corrected chi connectivity index (χ0v) is 17.1. The summed E-state index contributed by atoms with van der Waals surface area (Å²) in [5.74, 6) is 1.91. The van der Waals surface area contributed by atoms with Crippen molar-refractivity contribution in [2.75, 3.05) is 13.8 Å². The molecule has 2 aliphatic heterocycles. The largest absolute Gasteiger partial charge is 0.507 e. The smallest absolute Gasteiger partial charge is 0.231 e. The number of phenolic OH excluding ortho intramolecular Hbond substituents is 1. The van der Waals surface area contributed by atoms with E-state index < -0.39 is 0 Å². The molecule has 0 amide bonds. The zero-order chi connectivity index (χ0) is 21.4. The molecular weight excluding hydrogens is 394 g/mol. The van der Waals surface area contributed by atoms with E-state index in [4.69, 9.17) is 14.2 Å². The van der Waals surface area contributed by atoms with Crippen LogP contribution in [-0.4, -0.2) is 24.7 Å². The van der Waals surface area contributed by atoms with Crippen molar-refractivity contribution in [2.45, 2.75) is 13.1 Å². The van der Waals surface area contributed by atoms with E-state index >= 15 is 0 Å². The molecular formula is C25H22NO5+. The molecule has 2 heterocycles. The molecule has 0 radical (unpaired) electrons. The summed E-state index contributed by atoms with van der Waals surface area (Å²) >= 11 is 0. The highest BCUT2D eigenvalue weighted by molar-refractivity contribution is 6.15. The highest BCUT2D eigenvalue weighted by Gasteiger charge is 2.32. The molecule has 6 heteroatoms. The van der Waals surface area contributed by atoms with Crippen LogP contribution in [0.5, 0.6) is 23.0 Å². The van der Waals surface area contributed by atoms with Crippen molar-refractivity contribution in [1.29, 1.82) is 0 Å². The number of phenols is 1. The molecule has 0 saturated carbocycles. The molecule has 3 aromatic rings. The van der Waals surface area contributed by atoms with Gasteiger partial charge in [0.05, 0.1) is 18.2 Å². The SMILES string of the molecule is C[NH+](Cc1ccccc1)Cc1c(O)ccc2c1O/C(=C\c1ccc3c(c1)OCO3)C2=O. The average Bonchev–Trinajstić information content (AvgIpc) is 3.35. The van der Waals surface area contributed by atoms with E-state index in [9.17, 15) is 9.90 Å². The summed E-state index contributed by atoms with van der Waals surface area (Å²) in [5.41, 5.74) is 3.08. The minimum atomic E-state index is -0.199. The molecule has 0 aromatic heterocycles. The topological polar surface area (TPSA) is 69.4 Å². The third kappa shape index (κ3) is 3.73. The summed E-state index contributed by atoms with van der Waals surface area (Å²) in [6.07, 6.45) is 1.69. The maximum Gasteiger partial charge on any atom is 0.231 e. The van der Waals surface area contributed by atoms with Crippen LogP contribution in [0.4, 0.5) is 0 Å². The van der Waals surface area contributed by atoms with Crippen molar-refractivity contribution >= 4 is 11.9 Å². The fraction of sp³-hybridized carbons (Fsp3) is 0.160. The first-order chi connectivity index (χ1) is 15.1. The number of aromatic hydroxyl groups is 1. The van der Waals surface area contributed by atoms with Crippen molar-refractivity contribution in [3.05, 3.63) is 88.7 Å². The van der Waals surface area contributed by atoms with E-state index in [0.29, 0.717) is 34.9 Å². The molecule has 156 valence electrons. The predicted molar refractivity (Wildman–Crippen MR) is 114 cm³/mol. The van der Waals surface area contributed by atoms with Gasteiger partial charge in [0.1, 0.15) is 18.8 Å². The Morgan fingerprint density at radius 2 is 1.81 bits per heavy atom. The summed E-state index contributed by atoms with van der Waals surface area (Å²) in [6.45, 7) is 1.50. The van der Waals surface area contributed by atoms with Crippen LogP contribution in [-0.2, 0) is 13.1 Å². The van der Waals surface area contributed by atoms with Crippen molar-refractivity contribution in [1.82, 2.24) is 0 Å². The van der Waals surface area contributed by atoms with Crippen LogP contribution in [0.1, 0.15) is 27.0 Å². The number of carbonyl (C=O) groups is 1. The summed E-state index contributed by atoms with van der Waals surface area (Å²) in [5, 5.41) is 10.5. The molecule has 0 fully saturated rings. The molecule has 0 bridgehead atoms. The van der Waals surface area contributed by atoms with Gasteiger partial charge in [0.2, 0.25) is 12.6 Å². The fourth-order valence-electron chi connectivity index (χ4n) is 3.93. The number of ether oxygens (including phenoxy) is 3. The van der Waals surface area contributed by atoms with Crippen LogP contribution < -0.4 is 19.1 Å². The van der Waals surface area contributed by atoms with Crippen molar-refractivity contribution < 1.29 is 29.0 Å². The standard InChI is InChI=1S/C25H21NO5/c1-26(13-16-5-3-2-4-6-16)14-19-20(27)9-8-18-24(28)23(31-25(18)19)12-17-7-10-21-22(11-17)30-15-29-21/h2-12,27H,13-15H2,1H3/p+1/b23-12-. The van der Waals surface area contributed by atoms with Crippen molar-refractivity contribution in [2.24, 2.45) is 0 Å². The third-order valence-corrected chi connectivity index (χ3v) is 5.44. The lowest BCUT2D eigenvalue weighted by Crippen LogP contribution is -3.06. The quantitative estimate of drug-likeness (QED) is 0.626. The summed E-state index contributed by atoms with van der Waals surface area (Å²) in [6, 6.07) is 18.8. The van der Waals surface area contributed by atoms with Gasteiger partial charge in [-0.3, -0.25) is 4.79 Å². The first-order valence-corrected chi connectivity index (χ1v) is 10.1. The summed E-state index contributed by atoms with van der Waals surface area (Å²) in [4.78, 5) is 14.1. The molecule has 0 aliphatic carbocycles. The Hall–Kier alpha value is -3.77. The maximum atomic E-state index is 12.9. The number of carbonyl (C=O) groups excluding carboxylic acids is 1. The fourth-order valence-corrected chi connectivity index (χ4v) is 3.93. The van der Waals surface area contributed by atoms with E-state index in [1.807, 2.05) is 37.4 Å². The van der Waals surface area contributed by atoms with Gasteiger partial charge in [0.15, 0.2) is 23.0 Å². The van der Waals surface area contributed by atoms with Gasteiger partial charge in [-0.1, -0.05) is 36.4 Å². The van der Waals surface area contributed by atoms with Gasteiger partial charge in [0.25, 0.3) is 0 Å². The number of ketones is 1. The second-order valence-electron chi connectivity index (χ2n) is 7.79. The molecule has 0 spiro atoms. The Morgan fingerprint density at radius 1 is 1.00 bits per heavy atom. The average molecular weight is 416 g/mol. The first-order valence-electron chi connectivity index (χ1n) is 10.1. The number of hydrogen-bond acceptors (Lipinski definition) is 5. The van der Waals surface area contributed by atoms with Crippen LogP contribution in [0.3, 0.4) is 0 Å². The molecule has 0 saturated heterocycles. The van der Waals surface area contributed by atoms with Gasteiger partial charge in [-0.15, -0.1) is 0 Å². The zero-order valence-electron chi connectivity index (χ0n) is 17.1. The van der Waals surface area contributed by atoms with Gasteiger partial charge in [-0.25, -0.2) is 0 Å². The first kappa shape index (κ1) is 19.2. The minimum absolute atomic E-state index is 0.128. The minimum Gasteiger partial charge on any atom is -0.507 e. The third-order valence-electron chi connectivity index (χ3n) is 5.44. The van der Waals surface area contributed by atoms with Crippen molar-refractivity contribution in [3.63, 3.8) is 0 Å². The van der Waals surface area contributed by atoms with Gasteiger partial charge in [-0.2, -0.15) is 0 Å². The Morgan fingerprint density at radius 3 is 2.65 bits per heavy atom. The lowest BCUT2D eigenvalue weighted by atomic mass is 10.0. The molecule has 6 nitrogen and oxygen atoms in total. The van der Waals surface area contributed by atoms with E-state index in [-0.39, 0.29) is 24.1 Å². The van der Waals surface area contributed by atoms with E-state index in [0.717, 1.165) is 12.1 Å². The van der Waals surface area contributed by atoms with Gasteiger partial charge in [-0.05, 0) is 35.9 Å². The van der Waals surface area contributed by atoms with Crippen LogP contribution in [0, 0.1) is 0 Å². The maximum absolute atomic E-state index is 12.9. The van der Waals surface area contributed by atoms with E-state index in [1.54, 1.807) is 24.3 Å². The number of benzene rings is 3. The predicted octanol–water partition coefficient (Wildman–Crippen LogP) is 2.95. The van der Waals surface area contributed by atoms with Crippen LogP contribution in [0.25, 0.3) is 6.08 Å². The Labute approximate surface area is 179 Å². The number of allylic oxidation sites excluding steroid dienone is 1. The lowest BCUT2D eigenvalue weighted by molar-refractivity contribution is -0.907. The Kier molecular flexibility index (Phi) is 4.84. The molecule has 1 unspecified atom stereocenters. The van der Waals surface area contributed by atoms with Crippen LogP contribution in [0.2, 0.25) is 0 Å². The van der Waals surface area contributed by atoms with Crippen LogP contribution in [0.15, 0.2) is 66.4 Å². The van der Waals surface area contributed by atoms with E-state index in [1.165, 1.54) is 10.5 Å². The second-order valence-corrected chi connectivity index (χ2v) is 7.79. The molecule has 2 N–H and O–H groups in total. The van der Waals surface area contributed by atoms with Crippen molar-refractivity contribution in [3.8, 4) is 23.0 Å². The Bertz CT molecular complexity index is 1190. The summed E-state index contributed by atoms with van der Waals surface area (Å²) < 4.78 is 16.7. The van der Waals surface area contributed by atoms with Gasteiger partial charge >= 0.3 is 0 Å². The molecule has 2 aliphatic rings. The highest BCUT2D eigenvalue weighted by atomic mass is 16.7. The molecule has 31 heavy (non-hydrogen) atoms. The molecule has 1 atom stereocenters. The highest BCUT2D eigenvalue weighted by Crippen LogP contribution is 2.40. The van der Waals surface area contributed by atoms with Gasteiger partial charge < -0.3 is 24.2 Å². The number of Topliss-reactive ketones (excluding diaryl/α,β-unsaturated/α-hetero) is 1. The number of rotatable bonds is 5. The monoisotopic (exact) mass is 416 g/mol. The Balaban J connectivity index is 1.41. The molecule has 5 rings (SSSR count). The number of hydrogen-bond donors (Lipinski definition) is 2. The normalized spacial score (nSPS) is 16.3. The molecule has 3 aromatic carbocycles. The lowest BCUT2D eigenvalue weighted by Gasteiger charge is -2.16. The van der Waals surface area contributed by atoms with Crippen LogP contribution >= 0.6 is 0 Å². The number of fused-ring (bicyclic) bond motifs is 2.